The van der Waals surface area contributed by atoms with Crippen LogP contribution >= 0.6 is 11.3 Å². The molecule has 0 spiro atoms. The van der Waals surface area contributed by atoms with Crippen LogP contribution in [0.25, 0.3) is 21.5 Å². The largest absolute Gasteiger partial charge is 0.573 e. The van der Waals surface area contributed by atoms with Gasteiger partial charge in [0, 0.05) is 41.7 Å². The number of para-hydroxylation sites is 1. The molecule has 2 saturated carbocycles. The highest BCUT2D eigenvalue weighted by molar-refractivity contribution is 7.22. The van der Waals surface area contributed by atoms with Crippen LogP contribution in [0, 0.1) is 0 Å². The quantitative estimate of drug-likeness (QED) is 0.190. The molecule has 4 fully saturated rings. The number of carboxylic acid groups (broad SMARTS) is 1. The average Bonchev–Trinajstić information content (AvgIpc) is 3.57. The van der Waals surface area contributed by atoms with Crippen molar-refractivity contribution in [3.63, 3.8) is 0 Å². The number of benzene rings is 2. The maximum absolute atomic E-state index is 13.1. The van der Waals surface area contributed by atoms with E-state index in [1.807, 2.05) is 13.8 Å². The summed E-state index contributed by atoms with van der Waals surface area (Å²) in [5.74, 6) is 0.110. The van der Waals surface area contributed by atoms with Gasteiger partial charge in [0.25, 0.3) is 0 Å². The number of thiazole rings is 1. The molecule has 232 valence electrons. The van der Waals surface area contributed by atoms with Crippen molar-refractivity contribution in [3.05, 3.63) is 53.3 Å². The lowest BCUT2D eigenvalue weighted by Crippen LogP contribution is -2.64. The maximum Gasteiger partial charge on any atom is 0.573 e. The lowest BCUT2D eigenvalue weighted by Gasteiger charge is -2.55. The summed E-state index contributed by atoms with van der Waals surface area (Å²) in [7, 11) is 0. The van der Waals surface area contributed by atoms with Gasteiger partial charge < -0.3 is 29.3 Å². The molecule has 2 aliphatic carbocycles. The van der Waals surface area contributed by atoms with E-state index in [1.54, 1.807) is 18.2 Å². The molecule has 44 heavy (non-hydrogen) atoms. The minimum atomic E-state index is -4.82. The average molecular weight is 629 g/mol. The first-order valence-corrected chi connectivity index (χ1v) is 15.6. The first-order chi connectivity index (χ1) is 21.0. The molecule has 2 saturated heterocycles. The number of hydrogen-bond donors (Lipinski definition) is 2. The third-order valence-corrected chi connectivity index (χ3v) is 9.44. The number of halogens is 3. The fraction of sp³-hybridized carbons (Fsp3) is 0.452. The second-order valence-corrected chi connectivity index (χ2v) is 13.0. The number of nitrogens with one attached hydrogen (secondary N) is 1. The fourth-order valence-electron chi connectivity index (χ4n) is 6.41. The van der Waals surface area contributed by atoms with Gasteiger partial charge in [-0.2, -0.15) is 0 Å². The lowest BCUT2D eigenvalue weighted by molar-refractivity contribution is -0.274. The summed E-state index contributed by atoms with van der Waals surface area (Å²) in [6.45, 7) is 4.21. The van der Waals surface area contributed by atoms with Crippen LogP contribution in [0.3, 0.4) is 0 Å². The van der Waals surface area contributed by atoms with E-state index in [9.17, 15) is 23.1 Å². The van der Waals surface area contributed by atoms with E-state index in [0.717, 1.165) is 53.3 Å². The number of hydrogen-bond acceptors (Lipinski definition) is 9. The van der Waals surface area contributed by atoms with E-state index in [2.05, 4.69) is 20.1 Å². The summed E-state index contributed by atoms with van der Waals surface area (Å²) in [5, 5.41) is 18.3. The fourth-order valence-corrected chi connectivity index (χ4v) is 7.58. The molecule has 4 aromatic rings. The molecule has 2 N–H and O–H groups in total. The molecule has 2 aromatic heterocycles. The molecule has 8 rings (SSSR count). The zero-order valence-corrected chi connectivity index (χ0v) is 24.9. The van der Waals surface area contributed by atoms with Crippen LogP contribution < -0.4 is 19.7 Å². The van der Waals surface area contributed by atoms with Crippen LogP contribution in [0.4, 0.5) is 18.3 Å². The van der Waals surface area contributed by atoms with Crippen molar-refractivity contribution in [2.75, 3.05) is 4.90 Å². The molecule has 2 aliphatic heterocycles. The van der Waals surface area contributed by atoms with Crippen molar-refractivity contribution in [2.24, 2.45) is 0 Å². The van der Waals surface area contributed by atoms with Crippen LogP contribution in [-0.2, 0) is 6.54 Å². The molecule has 4 aliphatic rings. The van der Waals surface area contributed by atoms with E-state index in [-0.39, 0.29) is 47.0 Å². The Morgan fingerprint density at radius 1 is 1.16 bits per heavy atom. The molecule has 2 unspecified atom stereocenters. The lowest BCUT2D eigenvalue weighted by atomic mass is 9.77. The highest BCUT2D eigenvalue weighted by atomic mass is 32.1. The third-order valence-electron chi connectivity index (χ3n) is 8.43. The Labute approximate surface area is 254 Å². The summed E-state index contributed by atoms with van der Waals surface area (Å²) in [6, 6.07) is 9.94. The van der Waals surface area contributed by atoms with Crippen LogP contribution in [-0.4, -0.2) is 51.8 Å². The maximum atomic E-state index is 13.1. The van der Waals surface area contributed by atoms with E-state index in [0.29, 0.717) is 23.5 Å². The molecule has 2 bridgehead atoms. The Bertz CT molecular complexity index is 1700. The van der Waals surface area contributed by atoms with Crippen molar-refractivity contribution in [1.82, 2.24) is 15.5 Å². The Hall–Kier alpha value is -3.84. The van der Waals surface area contributed by atoms with E-state index >= 15 is 0 Å². The number of ether oxygens (including phenoxy) is 2. The van der Waals surface area contributed by atoms with Crippen molar-refractivity contribution in [2.45, 2.75) is 89.0 Å². The Morgan fingerprint density at radius 3 is 2.59 bits per heavy atom. The summed E-state index contributed by atoms with van der Waals surface area (Å²) < 4.78 is 56.1. The van der Waals surface area contributed by atoms with Gasteiger partial charge >= 0.3 is 12.3 Å². The predicted octanol–water partition coefficient (Wildman–Crippen LogP) is 7.11. The van der Waals surface area contributed by atoms with Gasteiger partial charge in [-0.05, 0) is 70.2 Å². The summed E-state index contributed by atoms with van der Waals surface area (Å²) >= 11 is 1.48. The van der Waals surface area contributed by atoms with E-state index < -0.39 is 12.3 Å². The predicted molar refractivity (Wildman–Crippen MR) is 157 cm³/mol. The van der Waals surface area contributed by atoms with Gasteiger partial charge in [0.15, 0.2) is 5.13 Å². The summed E-state index contributed by atoms with van der Waals surface area (Å²) in [5.41, 5.74) is 2.24. The molecule has 2 atom stereocenters. The smallest absolute Gasteiger partial charge is 0.489 e. The summed E-state index contributed by atoms with van der Waals surface area (Å²) in [4.78, 5) is 18.9. The number of aromatic nitrogens is 2. The number of alkyl halides is 3. The number of anilines is 1. The van der Waals surface area contributed by atoms with Gasteiger partial charge in [-0.1, -0.05) is 28.6 Å². The zero-order chi connectivity index (χ0) is 30.7. The zero-order valence-electron chi connectivity index (χ0n) is 24.1. The summed E-state index contributed by atoms with van der Waals surface area (Å²) in [6.07, 6.45) is -0.241. The Kier molecular flexibility index (Phi) is 7.19. The van der Waals surface area contributed by atoms with Crippen LogP contribution in [0.1, 0.15) is 73.6 Å². The standard InChI is InChI=1S/C31H31F3N4O5S/c1-15(2)41-24-9-17(29(39)40)10-25-27(24)36-30(44-25)38-19-11-18(12-20(38)13-19)35-14-22-26(37-43-28(22)16-7-8-16)21-5-3-4-6-23(21)42-31(32,33)34/h3-6,9-10,15-16,18-20,35H,7-8,11-14H2,1-2H3,(H,39,40). The molecule has 13 heteroatoms. The minimum Gasteiger partial charge on any atom is -0.489 e. The number of piperidine rings is 1. The molecule has 4 heterocycles. The minimum absolute atomic E-state index is 0.125. The normalized spacial score (nSPS) is 21.5. The number of fused-ring (bicyclic) bond motifs is 3. The van der Waals surface area contributed by atoms with E-state index in [4.69, 9.17) is 14.2 Å². The SMILES string of the molecule is CC(C)Oc1cc(C(=O)O)cc2sc(N3C4CC(NCc5c(-c6ccccc6OC(F)(F)F)noc5C5CC5)CC3C4)nc12. The molecule has 0 amide bonds. The van der Waals surface area contributed by atoms with Crippen LogP contribution in [0.2, 0.25) is 0 Å². The monoisotopic (exact) mass is 628 g/mol. The van der Waals surface area contributed by atoms with Gasteiger partial charge in [-0.3, -0.25) is 0 Å². The van der Waals surface area contributed by atoms with Crippen LogP contribution in [0.5, 0.6) is 11.5 Å². The van der Waals surface area contributed by atoms with Crippen molar-refractivity contribution in [1.29, 1.82) is 0 Å². The van der Waals surface area contributed by atoms with E-state index in [1.165, 1.54) is 29.5 Å². The first kappa shape index (κ1) is 28.9. The highest BCUT2D eigenvalue weighted by Crippen LogP contribution is 2.47. The number of rotatable bonds is 10. The Morgan fingerprint density at radius 2 is 1.91 bits per heavy atom. The molecule has 0 radical (unpaired) electrons. The second-order valence-electron chi connectivity index (χ2n) is 12.0. The second kappa shape index (κ2) is 11.0. The third kappa shape index (κ3) is 5.58. The Balaban J connectivity index is 1.08. The van der Waals surface area contributed by atoms with Crippen LogP contribution in [0.15, 0.2) is 40.9 Å². The van der Waals surface area contributed by atoms with Crippen molar-refractivity contribution >= 4 is 32.7 Å². The van der Waals surface area contributed by atoms with Gasteiger partial charge in [0.2, 0.25) is 0 Å². The van der Waals surface area contributed by atoms with Crippen molar-refractivity contribution in [3.8, 4) is 22.8 Å². The molecular formula is C31H31F3N4O5S. The first-order valence-electron chi connectivity index (χ1n) is 14.7. The van der Waals surface area contributed by atoms with Gasteiger partial charge in [-0.25, -0.2) is 9.78 Å². The molecular weight excluding hydrogens is 597 g/mol. The number of carbonyl (C=O) groups is 1. The van der Waals surface area contributed by atoms with Gasteiger partial charge in [-0.15, -0.1) is 13.2 Å². The topological polar surface area (TPSA) is 110 Å². The number of aromatic carboxylic acids is 1. The van der Waals surface area contributed by atoms with Crippen molar-refractivity contribution < 1.29 is 37.1 Å². The highest BCUT2D eigenvalue weighted by Gasteiger charge is 2.47. The molecule has 9 nitrogen and oxygen atoms in total. The number of carboxylic acids is 1. The number of nitrogens with zero attached hydrogens (tertiary/aromatic N) is 3. The van der Waals surface area contributed by atoms with Gasteiger partial charge in [0.1, 0.15) is 28.5 Å². The van der Waals surface area contributed by atoms with Gasteiger partial charge in [0.05, 0.1) is 16.4 Å². The molecule has 2 aromatic carbocycles.